The highest BCUT2D eigenvalue weighted by Gasteiger charge is 2.47. The summed E-state index contributed by atoms with van der Waals surface area (Å²) in [6.07, 6.45) is -1.69. The molecule has 3 rings (SSSR count). The van der Waals surface area contributed by atoms with E-state index in [-0.39, 0.29) is 49.6 Å². The zero-order valence-electron chi connectivity index (χ0n) is 17.4. The Bertz CT molecular complexity index is 888. The van der Waals surface area contributed by atoms with Crippen molar-refractivity contribution in [3.63, 3.8) is 0 Å². The average Bonchev–Trinajstić information content (AvgIpc) is 2.77. The van der Waals surface area contributed by atoms with E-state index in [1.54, 1.807) is 6.92 Å². The molecule has 1 fully saturated rings. The lowest BCUT2D eigenvalue weighted by molar-refractivity contribution is -0.151. The van der Waals surface area contributed by atoms with Crippen molar-refractivity contribution >= 4 is 11.8 Å². The molecule has 0 spiro atoms. The number of piperidine rings is 1. The number of nitrogens with zero attached hydrogens (tertiary/aromatic N) is 1. The summed E-state index contributed by atoms with van der Waals surface area (Å²) in [5.74, 6) is -2.06. The van der Waals surface area contributed by atoms with Gasteiger partial charge in [-0.1, -0.05) is 30.3 Å². The molecule has 0 amide bonds. The molecule has 168 valence electrons. The minimum absolute atomic E-state index is 0.121. The number of hydrogen-bond acceptors (Lipinski definition) is 7. The molecule has 3 atom stereocenters. The fourth-order valence-electron chi connectivity index (χ4n) is 4.01. The van der Waals surface area contributed by atoms with Gasteiger partial charge >= 0.3 is 5.97 Å². The fourth-order valence-corrected chi connectivity index (χ4v) is 4.01. The number of esters is 1. The maximum absolute atomic E-state index is 15.6. The normalized spacial score (nSPS) is 23.8. The van der Waals surface area contributed by atoms with Crippen LogP contribution in [-0.2, 0) is 20.7 Å². The van der Waals surface area contributed by atoms with Gasteiger partial charge in [-0.15, -0.1) is 0 Å². The summed E-state index contributed by atoms with van der Waals surface area (Å²) < 4.78 is 35.6. The van der Waals surface area contributed by atoms with Gasteiger partial charge in [-0.2, -0.15) is 0 Å². The number of alkyl halides is 1. The number of nitrogens with two attached hydrogens (primary N) is 2. The number of ketones is 1. The summed E-state index contributed by atoms with van der Waals surface area (Å²) in [6, 6.07) is 7.06. The molecule has 0 bridgehead atoms. The Hall–Kier alpha value is -2.78. The lowest BCUT2D eigenvalue weighted by atomic mass is 9.84. The number of allylic oxidation sites excluding steroid dienone is 1. The van der Waals surface area contributed by atoms with Gasteiger partial charge in [0.25, 0.3) is 0 Å². The second-order valence-electron chi connectivity index (χ2n) is 7.47. The molecular formula is C22H28F2N4O3. The Morgan fingerprint density at radius 3 is 2.68 bits per heavy atom. The second kappa shape index (κ2) is 10.0. The summed E-state index contributed by atoms with van der Waals surface area (Å²) in [5, 5.41) is 2.71. The van der Waals surface area contributed by atoms with Crippen LogP contribution in [0.2, 0.25) is 0 Å². The summed E-state index contributed by atoms with van der Waals surface area (Å²) in [7, 11) is 0. The van der Waals surface area contributed by atoms with Gasteiger partial charge < -0.3 is 26.4 Å². The number of carbonyl (C=O) groups excluding carboxylic acids is 2. The number of fused-ring (bicyclic) bond motifs is 1. The van der Waals surface area contributed by atoms with Gasteiger partial charge in [0.05, 0.1) is 29.6 Å². The molecule has 1 heterocycles. The number of carbonyl (C=O) groups is 2. The van der Waals surface area contributed by atoms with Crippen LogP contribution >= 0.6 is 0 Å². The first kappa shape index (κ1) is 22.9. The van der Waals surface area contributed by atoms with Gasteiger partial charge in [0.1, 0.15) is 11.9 Å². The average molecular weight is 434 g/mol. The Morgan fingerprint density at radius 2 is 2.03 bits per heavy atom. The smallest absolute Gasteiger partial charge is 0.329 e. The molecule has 7 nitrogen and oxygen atoms in total. The highest BCUT2D eigenvalue weighted by Crippen LogP contribution is 2.39. The van der Waals surface area contributed by atoms with Crippen molar-refractivity contribution in [1.82, 2.24) is 10.2 Å². The molecule has 1 aromatic carbocycles. The Labute approximate surface area is 180 Å². The number of benzene rings is 1. The van der Waals surface area contributed by atoms with E-state index in [1.165, 1.54) is 4.90 Å². The molecular weight excluding hydrogens is 406 g/mol. The maximum atomic E-state index is 15.6. The van der Waals surface area contributed by atoms with Crippen LogP contribution in [0.3, 0.4) is 0 Å². The van der Waals surface area contributed by atoms with Crippen LogP contribution in [0.25, 0.3) is 0 Å². The molecule has 1 saturated heterocycles. The van der Waals surface area contributed by atoms with Crippen LogP contribution in [0.5, 0.6) is 0 Å². The minimum atomic E-state index is -1.91. The van der Waals surface area contributed by atoms with Gasteiger partial charge in [0.15, 0.2) is 12.0 Å². The number of halogens is 2. The molecule has 31 heavy (non-hydrogen) atoms. The van der Waals surface area contributed by atoms with Gasteiger partial charge in [0.2, 0.25) is 0 Å². The zero-order valence-corrected chi connectivity index (χ0v) is 17.4. The predicted molar refractivity (Wildman–Crippen MR) is 112 cm³/mol. The van der Waals surface area contributed by atoms with Crippen molar-refractivity contribution in [1.29, 1.82) is 0 Å². The summed E-state index contributed by atoms with van der Waals surface area (Å²) in [5.41, 5.74) is 11.8. The molecule has 5 N–H and O–H groups in total. The van der Waals surface area contributed by atoms with Crippen molar-refractivity contribution < 1.29 is 23.1 Å². The quantitative estimate of drug-likeness (QED) is 0.526. The van der Waals surface area contributed by atoms with E-state index in [0.717, 1.165) is 5.56 Å². The fraction of sp³-hybridized carbons (Fsp3) is 0.455. The number of Topliss-reactive ketones (excluding diaryl/α,β-unsaturated/α-hetero) is 1. The summed E-state index contributed by atoms with van der Waals surface area (Å²) >= 11 is 0. The monoisotopic (exact) mass is 434 g/mol. The lowest BCUT2D eigenvalue weighted by Crippen LogP contribution is -2.54. The first-order valence-electron chi connectivity index (χ1n) is 10.4. The van der Waals surface area contributed by atoms with E-state index < -0.39 is 35.8 Å². The number of rotatable bonds is 8. The third-order valence-electron chi connectivity index (χ3n) is 5.49. The number of ether oxygens (including phenoxy) is 1. The Balaban J connectivity index is 2.04. The standard InChI is InChI=1S/C22H28F2N4O3/c1-2-31-22(30)14-12-15(29)16-19(26)17(23)20(27-10-9-25)18(24)21(16)28(14)11-8-13-6-4-3-5-7-13/h3-7,14,17,20,27H,2,8-12,25-26H2,1H3. The Kier molecular flexibility index (Phi) is 7.40. The molecule has 0 aromatic heterocycles. The molecule has 2 aliphatic rings. The van der Waals surface area contributed by atoms with Gasteiger partial charge in [0, 0.05) is 26.1 Å². The van der Waals surface area contributed by atoms with E-state index in [2.05, 4.69) is 5.32 Å². The molecule has 1 aliphatic carbocycles. The van der Waals surface area contributed by atoms with E-state index in [9.17, 15) is 14.0 Å². The number of nitrogens with one attached hydrogen (secondary N) is 1. The first-order chi connectivity index (χ1) is 14.9. The Morgan fingerprint density at radius 1 is 1.32 bits per heavy atom. The zero-order chi connectivity index (χ0) is 22.5. The van der Waals surface area contributed by atoms with Crippen LogP contribution in [0.15, 0.2) is 53.1 Å². The van der Waals surface area contributed by atoms with Crippen LogP contribution in [0.1, 0.15) is 18.9 Å². The van der Waals surface area contributed by atoms with E-state index in [0.29, 0.717) is 6.42 Å². The van der Waals surface area contributed by atoms with Gasteiger partial charge in [-0.25, -0.2) is 13.6 Å². The molecule has 0 saturated carbocycles. The molecule has 0 radical (unpaired) electrons. The highest BCUT2D eigenvalue weighted by atomic mass is 19.1. The largest absolute Gasteiger partial charge is 0.464 e. The van der Waals surface area contributed by atoms with Crippen LogP contribution in [0.4, 0.5) is 8.78 Å². The third kappa shape index (κ3) is 4.62. The molecule has 9 heteroatoms. The maximum Gasteiger partial charge on any atom is 0.329 e. The predicted octanol–water partition coefficient (Wildman–Crippen LogP) is 1.10. The number of likely N-dealkylation sites (tertiary alicyclic amines) is 1. The van der Waals surface area contributed by atoms with Crippen LogP contribution < -0.4 is 16.8 Å². The minimum Gasteiger partial charge on any atom is -0.464 e. The summed E-state index contributed by atoms with van der Waals surface area (Å²) in [6.45, 7) is 2.33. The lowest BCUT2D eigenvalue weighted by Gasteiger charge is -2.42. The molecule has 3 unspecified atom stereocenters. The molecule has 1 aromatic rings. The number of hydrogen-bond donors (Lipinski definition) is 3. The van der Waals surface area contributed by atoms with Gasteiger partial charge in [-0.05, 0) is 18.9 Å². The molecule has 1 aliphatic heterocycles. The highest BCUT2D eigenvalue weighted by molar-refractivity contribution is 6.04. The van der Waals surface area contributed by atoms with Crippen LogP contribution in [0, 0.1) is 0 Å². The first-order valence-corrected chi connectivity index (χ1v) is 10.4. The van der Waals surface area contributed by atoms with E-state index in [4.69, 9.17) is 16.2 Å². The van der Waals surface area contributed by atoms with Crippen molar-refractivity contribution in [3.05, 3.63) is 58.7 Å². The van der Waals surface area contributed by atoms with Crippen molar-refractivity contribution in [2.45, 2.75) is 38.0 Å². The topological polar surface area (TPSA) is 111 Å². The van der Waals surface area contributed by atoms with Crippen LogP contribution in [-0.4, -0.2) is 61.1 Å². The van der Waals surface area contributed by atoms with E-state index >= 15 is 4.39 Å². The third-order valence-corrected chi connectivity index (χ3v) is 5.49. The van der Waals surface area contributed by atoms with E-state index in [1.807, 2.05) is 30.3 Å². The van der Waals surface area contributed by atoms with Crippen molar-refractivity contribution in [2.24, 2.45) is 11.5 Å². The van der Waals surface area contributed by atoms with Crippen molar-refractivity contribution in [2.75, 3.05) is 26.2 Å². The second-order valence-corrected chi connectivity index (χ2v) is 7.47. The SMILES string of the molecule is CCOC(=O)C1CC(=O)C2=C(N)C(F)C(NCCN)C(F)=C2N1CCc1ccccc1. The summed E-state index contributed by atoms with van der Waals surface area (Å²) in [4.78, 5) is 26.9. The van der Waals surface area contributed by atoms with Gasteiger partial charge in [-0.3, -0.25) is 4.79 Å². The van der Waals surface area contributed by atoms with Crippen molar-refractivity contribution in [3.8, 4) is 0 Å².